The maximum absolute atomic E-state index is 13.5. The van der Waals surface area contributed by atoms with Gasteiger partial charge in [0, 0.05) is 25.7 Å². The van der Waals surface area contributed by atoms with Gasteiger partial charge >= 0.3 is 0 Å². The van der Waals surface area contributed by atoms with Crippen molar-refractivity contribution in [3.63, 3.8) is 0 Å². The third-order valence-corrected chi connectivity index (χ3v) is 2.15. The lowest BCUT2D eigenvalue weighted by molar-refractivity contribution is 0.131. The van der Waals surface area contributed by atoms with Gasteiger partial charge in [0.05, 0.1) is 12.2 Å². The van der Waals surface area contributed by atoms with Crippen LogP contribution in [0, 0.1) is 17.7 Å². The number of aliphatic hydroxyl groups is 1. The van der Waals surface area contributed by atoms with E-state index in [1.807, 2.05) is 6.92 Å². The SMILES string of the molecule is CCOCCCOc1ccc(C#CCO)c(F)c1. The topological polar surface area (TPSA) is 38.7 Å². The number of hydrogen-bond donors (Lipinski definition) is 1. The molecule has 0 aliphatic carbocycles. The highest BCUT2D eigenvalue weighted by Crippen LogP contribution is 2.16. The van der Waals surface area contributed by atoms with Crippen LogP contribution in [0.2, 0.25) is 0 Å². The van der Waals surface area contributed by atoms with Gasteiger partial charge in [-0.15, -0.1) is 0 Å². The van der Waals surface area contributed by atoms with Crippen LogP contribution >= 0.6 is 0 Å². The van der Waals surface area contributed by atoms with E-state index in [2.05, 4.69) is 11.8 Å². The molecule has 1 N–H and O–H groups in total. The highest BCUT2D eigenvalue weighted by atomic mass is 19.1. The Morgan fingerprint density at radius 3 is 2.83 bits per heavy atom. The van der Waals surface area contributed by atoms with Crippen LogP contribution in [0.5, 0.6) is 5.75 Å². The van der Waals surface area contributed by atoms with Gasteiger partial charge in [-0.1, -0.05) is 11.8 Å². The number of ether oxygens (including phenoxy) is 2. The van der Waals surface area contributed by atoms with Gasteiger partial charge in [-0.25, -0.2) is 4.39 Å². The van der Waals surface area contributed by atoms with E-state index in [1.54, 1.807) is 6.07 Å². The molecule has 0 heterocycles. The predicted octanol–water partition coefficient (Wildman–Crippen LogP) is 1.97. The van der Waals surface area contributed by atoms with Crippen LogP contribution in [-0.2, 0) is 4.74 Å². The van der Waals surface area contributed by atoms with Crippen molar-refractivity contribution < 1.29 is 19.0 Å². The Bertz CT molecular complexity index is 421. The third-order valence-electron chi connectivity index (χ3n) is 2.15. The maximum atomic E-state index is 13.5. The van der Waals surface area contributed by atoms with E-state index >= 15 is 0 Å². The Morgan fingerprint density at radius 1 is 1.33 bits per heavy atom. The Kier molecular flexibility index (Phi) is 6.85. The van der Waals surface area contributed by atoms with E-state index in [4.69, 9.17) is 14.6 Å². The van der Waals surface area contributed by atoms with Gasteiger partial charge in [-0.3, -0.25) is 0 Å². The first-order chi connectivity index (χ1) is 8.77. The largest absolute Gasteiger partial charge is 0.493 e. The second-order valence-corrected chi connectivity index (χ2v) is 3.50. The van der Waals surface area contributed by atoms with Crippen molar-refractivity contribution in [1.29, 1.82) is 0 Å². The minimum atomic E-state index is -0.446. The molecule has 98 valence electrons. The van der Waals surface area contributed by atoms with Gasteiger partial charge in [0.25, 0.3) is 0 Å². The lowest BCUT2D eigenvalue weighted by Gasteiger charge is -2.06. The van der Waals surface area contributed by atoms with E-state index in [9.17, 15) is 4.39 Å². The van der Waals surface area contributed by atoms with Gasteiger partial charge in [0.2, 0.25) is 0 Å². The Balaban J connectivity index is 2.46. The summed E-state index contributed by atoms with van der Waals surface area (Å²) in [6, 6.07) is 4.49. The molecule has 1 aromatic rings. The van der Waals surface area contributed by atoms with Gasteiger partial charge in [-0.2, -0.15) is 0 Å². The van der Waals surface area contributed by atoms with Crippen LogP contribution in [0.15, 0.2) is 18.2 Å². The molecule has 4 heteroatoms. The summed E-state index contributed by atoms with van der Waals surface area (Å²) in [4.78, 5) is 0. The minimum absolute atomic E-state index is 0.255. The Labute approximate surface area is 107 Å². The van der Waals surface area contributed by atoms with Crippen LogP contribution in [0.25, 0.3) is 0 Å². The summed E-state index contributed by atoms with van der Waals surface area (Å²) in [5, 5.41) is 8.53. The summed E-state index contributed by atoms with van der Waals surface area (Å²) < 4.78 is 24.1. The van der Waals surface area contributed by atoms with Gasteiger partial charge in [0.1, 0.15) is 18.2 Å². The van der Waals surface area contributed by atoms with Crippen molar-refractivity contribution in [3.05, 3.63) is 29.6 Å². The van der Waals surface area contributed by atoms with Crippen LogP contribution in [-0.4, -0.2) is 31.5 Å². The minimum Gasteiger partial charge on any atom is -0.493 e. The Morgan fingerprint density at radius 2 is 2.17 bits per heavy atom. The smallest absolute Gasteiger partial charge is 0.142 e. The molecule has 0 aliphatic heterocycles. The van der Waals surface area contributed by atoms with Gasteiger partial charge in [0.15, 0.2) is 0 Å². The molecule has 0 spiro atoms. The standard InChI is InChI=1S/C14H17FO3/c1-2-17-9-4-10-18-13-7-6-12(5-3-8-16)14(15)11-13/h6-7,11,16H,2,4,8-10H2,1H3. The summed E-state index contributed by atoms with van der Waals surface area (Å²) in [6.07, 6.45) is 0.765. The molecule has 18 heavy (non-hydrogen) atoms. The average Bonchev–Trinajstić information content (AvgIpc) is 2.37. The molecule has 0 aliphatic rings. The van der Waals surface area contributed by atoms with E-state index < -0.39 is 5.82 Å². The quantitative estimate of drug-likeness (QED) is 0.621. The lowest BCUT2D eigenvalue weighted by Crippen LogP contribution is -2.03. The first-order valence-electron chi connectivity index (χ1n) is 5.87. The van der Waals surface area contributed by atoms with E-state index in [0.717, 1.165) is 6.42 Å². The zero-order valence-electron chi connectivity index (χ0n) is 10.4. The third kappa shape index (κ3) is 5.17. The molecule has 0 aromatic heterocycles. The normalized spacial score (nSPS) is 9.72. The molecule has 1 aromatic carbocycles. The van der Waals surface area contributed by atoms with Crippen molar-refractivity contribution in [2.45, 2.75) is 13.3 Å². The molecule has 0 saturated carbocycles. The molecular formula is C14H17FO3. The summed E-state index contributed by atoms with van der Waals surface area (Å²) in [5.41, 5.74) is 0.255. The fourth-order valence-corrected chi connectivity index (χ4v) is 1.32. The van der Waals surface area contributed by atoms with Crippen molar-refractivity contribution in [3.8, 4) is 17.6 Å². The highest BCUT2D eigenvalue weighted by Gasteiger charge is 2.02. The lowest BCUT2D eigenvalue weighted by atomic mass is 10.2. The van der Waals surface area contributed by atoms with Crippen LogP contribution in [0.1, 0.15) is 18.9 Å². The van der Waals surface area contributed by atoms with Crippen LogP contribution in [0.3, 0.4) is 0 Å². The molecule has 0 bridgehead atoms. The molecule has 0 amide bonds. The first kappa shape index (κ1) is 14.5. The fraction of sp³-hybridized carbons (Fsp3) is 0.429. The number of hydrogen-bond acceptors (Lipinski definition) is 3. The van der Waals surface area contributed by atoms with Crippen molar-refractivity contribution in [1.82, 2.24) is 0 Å². The van der Waals surface area contributed by atoms with E-state index in [0.29, 0.717) is 25.6 Å². The zero-order chi connectivity index (χ0) is 13.2. The number of rotatable bonds is 6. The van der Waals surface area contributed by atoms with Crippen molar-refractivity contribution in [2.75, 3.05) is 26.4 Å². The van der Waals surface area contributed by atoms with E-state index in [1.165, 1.54) is 12.1 Å². The molecule has 0 fully saturated rings. The summed E-state index contributed by atoms with van der Waals surface area (Å²) >= 11 is 0. The predicted molar refractivity (Wildman–Crippen MR) is 67.0 cm³/mol. The van der Waals surface area contributed by atoms with Gasteiger partial charge < -0.3 is 14.6 Å². The fourth-order valence-electron chi connectivity index (χ4n) is 1.32. The molecule has 0 atom stereocenters. The molecule has 3 nitrogen and oxygen atoms in total. The summed E-state index contributed by atoms with van der Waals surface area (Å²) in [5.74, 6) is 4.95. The molecule has 0 unspecified atom stereocenters. The monoisotopic (exact) mass is 252 g/mol. The summed E-state index contributed by atoms with van der Waals surface area (Å²) in [7, 11) is 0. The van der Waals surface area contributed by atoms with Crippen LogP contribution < -0.4 is 4.74 Å². The second kappa shape index (κ2) is 8.51. The van der Waals surface area contributed by atoms with Gasteiger partial charge in [-0.05, 0) is 19.1 Å². The molecular weight excluding hydrogens is 235 g/mol. The number of halogens is 1. The Hall–Kier alpha value is -1.57. The molecule has 0 radical (unpaired) electrons. The average molecular weight is 252 g/mol. The highest BCUT2D eigenvalue weighted by molar-refractivity contribution is 5.39. The molecule has 1 rings (SSSR count). The van der Waals surface area contributed by atoms with Crippen LogP contribution in [0.4, 0.5) is 4.39 Å². The molecule has 0 saturated heterocycles. The summed E-state index contributed by atoms with van der Waals surface area (Å²) in [6.45, 7) is 3.46. The first-order valence-corrected chi connectivity index (χ1v) is 5.87. The number of aliphatic hydroxyl groups excluding tert-OH is 1. The maximum Gasteiger partial charge on any atom is 0.142 e. The number of benzene rings is 1. The van der Waals surface area contributed by atoms with E-state index in [-0.39, 0.29) is 12.2 Å². The van der Waals surface area contributed by atoms with Crippen molar-refractivity contribution >= 4 is 0 Å². The van der Waals surface area contributed by atoms with Crippen molar-refractivity contribution in [2.24, 2.45) is 0 Å². The second-order valence-electron chi connectivity index (χ2n) is 3.50. The zero-order valence-corrected chi connectivity index (χ0v) is 10.4.